The van der Waals surface area contributed by atoms with Crippen LogP contribution in [0.4, 0.5) is 10.5 Å². The van der Waals surface area contributed by atoms with Crippen molar-refractivity contribution in [2.75, 3.05) is 6.61 Å². The Morgan fingerprint density at radius 2 is 1.94 bits per heavy atom. The summed E-state index contributed by atoms with van der Waals surface area (Å²) in [6, 6.07) is 5.15. The average molecular weight is 248 g/mol. The maximum atomic E-state index is 10.9. The smallest absolute Gasteiger partial charge is 0.434 e. The summed E-state index contributed by atoms with van der Waals surface area (Å²) in [5, 5.41) is 10.3. The summed E-state index contributed by atoms with van der Waals surface area (Å²) in [4.78, 5) is 20.6. The summed E-state index contributed by atoms with van der Waals surface area (Å²) in [6.45, 7) is 1.86. The lowest BCUT2D eigenvalue weighted by molar-refractivity contribution is -0.384. The molecule has 0 saturated heterocycles. The van der Waals surface area contributed by atoms with Gasteiger partial charge in [-0.1, -0.05) is 0 Å². The van der Waals surface area contributed by atoms with Crippen LogP contribution in [0.15, 0.2) is 24.3 Å². The van der Waals surface area contributed by atoms with Gasteiger partial charge in [-0.25, -0.2) is 4.79 Å². The van der Waals surface area contributed by atoms with Crippen LogP contribution in [0.1, 0.15) is 6.92 Å². The second-order valence-corrected chi connectivity index (χ2v) is 2.54. The highest BCUT2D eigenvalue weighted by Gasteiger charge is 2.07. The van der Waals surface area contributed by atoms with Crippen molar-refractivity contribution in [1.82, 2.24) is 0 Å². The summed E-state index contributed by atoms with van der Waals surface area (Å²) in [6.07, 6.45) is -0.827. The molecule has 0 saturated carbocycles. The molecule has 1 aromatic carbocycles. The Balaban J connectivity index is 0.00000225. The number of halogens is 1. The third kappa shape index (κ3) is 4.14. The van der Waals surface area contributed by atoms with Crippen LogP contribution < -0.4 is 4.74 Å². The third-order valence-corrected chi connectivity index (χ3v) is 1.51. The number of nitro groups is 1. The summed E-state index contributed by atoms with van der Waals surface area (Å²) >= 11 is 0. The van der Waals surface area contributed by atoms with Gasteiger partial charge in [-0.15, -0.1) is 12.4 Å². The molecule has 1 aromatic rings. The molecular formula is C9H10ClNO5. The lowest BCUT2D eigenvalue weighted by Crippen LogP contribution is -2.09. The van der Waals surface area contributed by atoms with Crippen LogP contribution >= 0.6 is 12.4 Å². The first-order chi connectivity index (χ1) is 7.13. The van der Waals surface area contributed by atoms with E-state index in [4.69, 9.17) is 4.74 Å². The van der Waals surface area contributed by atoms with Crippen LogP contribution in [0.3, 0.4) is 0 Å². The number of ether oxygens (including phenoxy) is 2. The first-order valence-corrected chi connectivity index (χ1v) is 4.22. The van der Waals surface area contributed by atoms with Gasteiger partial charge in [0.05, 0.1) is 11.5 Å². The second-order valence-electron chi connectivity index (χ2n) is 2.54. The minimum atomic E-state index is -0.827. The average Bonchev–Trinajstić information content (AvgIpc) is 2.18. The van der Waals surface area contributed by atoms with E-state index in [1.165, 1.54) is 24.3 Å². The van der Waals surface area contributed by atoms with Gasteiger partial charge in [-0.05, 0) is 19.1 Å². The van der Waals surface area contributed by atoms with Crippen molar-refractivity contribution < 1.29 is 19.2 Å². The zero-order chi connectivity index (χ0) is 11.3. The van der Waals surface area contributed by atoms with E-state index >= 15 is 0 Å². The molecule has 0 aliphatic heterocycles. The van der Waals surface area contributed by atoms with Crippen molar-refractivity contribution in [3.8, 4) is 5.75 Å². The molecule has 88 valence electrons. The number of nitrogens with zero attached hydrogens (tertiary/aromatic N) is 1. The van der Waals surface area contributed by atoms with Gasteiger partial charge >= 0.3 is 6.16 Å². The number of nitro benzene ring substituents is 1. The molecule has 0 fully saturated rings. The standard InChI is InChI=1S/C9H9NO5.ClH/c1-2-14-9(11)15-8-5-3-7(4-6-8)10(12)13;/h3-6H,2H2,1H3;1H. The van der Waals surface area contributed by atoms with Gasteiger partial charge in [0.25, 0.3) is 5.69 Å². The van der Waals surface area contributed by atoms with Crippen LogP contribution in [-0.2, 0) is 4.74 Å². The van der Waals surface area contributed by atoms with Crippen molar-refractivity contribution >= 4 is 24.2 Å². The minimum Gasteiger partial charge on any atom is -0.434 e. The molecule has 16 heavy (non-hydrogen) atoms. The van der Waals surface area contributed by atoms with Crippen LogP contribution in [0, 0.1) is 10.1 Å². The molecule has 0 unspecified atom stereocenters. The van der Waals surface area contributed by atoms with Crippen LogP contribution in [-0.4, -0.2) is 17.7 Å². The van der Waals surface area contributed by atoms with Gasteiger partial charge < -0.3 is 9.47 Å². The molecule has 6 nitrogen and oxygen atoms in total. The molecular weight excluding hydrogens is 238 g/mol. The number of carbonyl (C=O) groups is 1. The van der Waals surface area contributed by atoms with Gasteiger partial charge in [0.15, 0.2) is 0 Å². The zero-order valence-electron chi connectivity index (χ0n) is 8.41. The quantitative estimate of drug-likeness (QED) is 0.355. The van der Waals surface area contributed by atoms with Crippen molar-refractivity contribution in [3.05, 3.63) is 34.4 Å². The van der Waals surface area contributed by atoms with E-state index in [0.717, 1.165) is 0 Å². The largest absolute Gasteiger partial charge is 0.513 e. The molecule has 0 aliphatic rings. The molecule has 7 heteroatoms. The molecule has 0 spiro atoms. The Hall–Kier alpha value is -1.82. The van der Waals surface area contributed by atoms with E-state index in [2.05, 4.69) is 4.74 Å². The number of non-ortho nitro benzene ring substituents is 1. The minimum absolute atomic E-state index is 0. The maximum Gasteiger partial charge on any atom is 0.513 e. The first-order valence-electron chi connectivity index (χ1n) is 4.22. The number of hydrogen-bond acceptors (Lipinski definition) is 5. The van der Waals surface area contributed by atoms with Crippen molar-refractivity contribution in [1.29, 1.82) is 0 Å². The molecule has 0 atom stereocenters. The van der Waals surface area contributed by atoms with E-state index < -0.39 is 11.1 Å². The highest BCUT2D eigenvalue weighted by Crippen LogP contribution is 2.17. The summed E-state index contributed by atoms with van der Waals surface area (Å²) in [5.74, 6) is 0.207. The van der Waals surface area contributed by atoms with Gasteiger partial charge in [-0.3, -0.25) is 10.1 Å². The number of hydrogen-bond donors (Lipinski definition) is 0. The van der Waals surface area contributed by atoms with E-state index in [0.29, 0.717) is 0 Å². The third-order valence-electron chi connectivity index (χ3n) is 1.51. The Morgan fingerprint density at radius 1 is 1.38 bits per heavy atom. The van der Waals surface area contributed by atoms with E-state index in [1.54, 1.807) is 6.92 Å². The molecule has 1 rings (SSSR count). The fourth-order valence-electron chi connectivity index (χ4n) is 0.879. The lowest BCUT2D eigenvalue weighted by atomic mass is 10.3. The Morgan fingerprint density at radius 3 is 2.38 bits per heavy atom. The zero-order valence-corrected chi connectivity index (χ0v) is 9.23. The van der Waals surface area contributed by atoms with Gasteiger partial charge in [0.2, 0.25) is 0 Å². The monoisotopic (exact) mass is 247 g/mol. The lowest BCUT2D eigenvalue weighted by Gasteiger charge is -2.02. The van der Waals surface area contributed by atoms with Gasteiger partial charge in [0.1, 0.15) is 5.75 Å². The molecule has 0 N–H and O–H groups in total. The number of benzene rings is 1. The normalized spacial score (nSPS) is 8.81. The number of carbonyl (C=O) groups excluding carboxylic acids is 1. The van der Waals surface area contributed by atoms with E-state index in [-0.39, 0.29) is 30.5 Å². The SMILES string of the molecule is CCOC(=O)Oc1ccc([N+](=O)[O-])cc1.Cl. The molecule has 0 aliphatic carbocycles. The van der Waals surface area contributed by atoms with Crippen molar-refractivity contribution in [3.63, 3.8) is 0 Å². The van der Waals surface area contributed by atoms with Crippen molar-refractivity contribution in [2.24, 2.45) is 0 Å². The van der Waals surface area contributed by atoms with Crippen LogP contribution in [0.25, 0.3) is 0 Å². The van der Waals surface area contributed by atoms with E-state index in [9.17, 15) is 14.9 Å². The molecule has 0 aromatic heterocycles. The second kappa shape index (κ2) is 6.62. The van der Waals surface area contributed by atoms with Crippen molar-refractivity contribution in [2.45, 2.75) is 6.92 Å². The predicted molar refractivity (Wildman–Crippen MR) is 58.0 cm³/mol. The van der Waals surface area contributed by atoms with Crippen LogP contribution in [0.5, 0.6) is 5.75 Å². The van der Waals surface area contributed by atoms with Gasteiger partial charge in [-0.2, -0.15) is 0 Å². The molecule has 0 heterocycles. The van der Waals surface area contributed by atoms with E-state index in [1.807, 2.05) is 0 Å². The Labute approximate surface area is 97.7 Å². The van der Waals surface area contributed by atoms with Crippen LogP contribution in [0.2, 0.25) is 0 Å². The number of rotatable bonds is 3. The summed E-state index contributed by atoms with van der Waals surface area (Å²) < 4.78 is 9.23. The molecule has 0 radical (unpaired) electrons. The Bertz CT molecular complexity index is 365. The highest BCUT2D eigenvalue weighted by molar-refractivity contribution is 5.85. The maximum absolute atomic E-state index is 10.9. The highest BCUT2D eigenvalue weighted by atomic mass is 35.5. The fraction of sp³-hybridized carbons (Fsp3) is 0.222. The fourth-order valence-corrected chi connectivity index (χ4v) is 0.879. The predicted octanol–water partition coefficient (Wildman–Crippen LogP) is 2.55. The summed E-state index contributed by atoms with van der Waals surface area (Å²) in [7, 11) is 0. The Kier molecular flexibility index (Phi) is 5.87. The molecule has 0 amide bonds. The summed E-state index contributed by atoms with van der Waals surface area (Å²) in [5.41, 5.74) is -0.0637. The van der Waals surface area contributed by atoms with Gasteiger partial charge in [0, 0.05) is 12.1 Å². The topological polar surface area (TPSA) is 78.7 Å². The molecule has 0 bridgehead atoms. The first kappa shape index (κ1) is 14.2.